The van der Waals surface area contributed by atoms with Crippen LogP contribution >= 0.6 is 0 Å². The fraction of sp³-hybridized carbons (Fsp3) is 0.567. The SMILES string of the molecule is CNC1COC2CC(OC(=O)NC(Cc3ccccc3)C(O)CN(CC(C)C)S(=O)(=O)c3ccc(OC)cc3)CC12. The molecule has 0 spiro atoms. The summed E-state index contributed by atoms with van der Waals surface area (Å²) in [5.74, 6) is 0.839. The minimum absolute atomic E-state index is 0.00574. The number of nitrogens with one attached hydrogen (secondary N) is 2. The number of methoxy groups -OCH3 is 1. The molecule has 226 valence electrons. The van der Waals surface area contributed by atoms with E-state index in [1.165, 1.54) is 23.5 Å². The number of amides is 1. The van der Waals surface area contributed by atoms with Crippen molar-refractivity contribution in [3.8, 4) is 5.75 Å². The molecule has 2 aromatic rings. The van der Waals surface area contributed by atoms with Gasteiger partial charge >= 0.3 is 6.09 Å². The van der Waals surface area contributed by atoms with Gasteiger partial charge in [0.15, 0.2) is 0 Å². The first-order valence-corrected chi connectivity index (χ1v) is 15.7. The van der Waals surface area contributed by atoms with E-state index in [-0.39, 0.29) is 48.1 Å². The van der Waals surface area contributed by atoms with Gasteiger partial charge in [-0.3, -0.25) is 0 Å². The van der Waals surface area contributed by atoms with Crippen molar-refractivity contribution >= 4 is 16.1 Å². The van der Waals surface area contributed by atoms with Crippen molar-refractivity contribution in [1.29, 1.82) is 0 Å². The number of aliphatic hydroxyl groups is 1. The van der Waals surface area contributed by atoms with E-state index in [0.29, 0.717) is 31.6 Å². The number of ether oxygens (including phenoxy) is 3. The van der Waals surface area contributed by atoms with Crippen LogP contribution in [0.5, 0.6) is 5.75 Å². The summed E-state index contributed by atoms with van der Waals surface area (Å²) in [6.45, 7) is 4.49. The van der Waals surface area contributed by atoms with Crippen LogP contribution in [0.3, 0.4) is 0 Å². The first-order valence-electron chi connectivity index (χ1n) is 14.2. The minimum atomic E-state index is -3.93. The zero-order valence-corrected chi connectivity index (χ0v) is 25.0. The second kappa shape index (κ2) is 14.0. The summed E-state index contributed by atoms with van der Waals surface area (Å²) < 4.78 is 45.3. The number of carbonyl (C=O) groups excluding carboxylic acids is 1. The predicted octanol–water partition coefficient (Wildman–Crippen LogP) is 2.81. The van der Waals surface area contributed by atoms with E-state index in [0.717, 1.165) is 5.56 Å². The molecule has 1 heterocycles. The van der Waals surface area contributed by atoms with Crippen LogP contribution in [0.15, 0.2) is 59.5 Å². The smallest absolute Gasteiger partial charge is 0.407 e. The van der Waals surface area contributed by atoms with E-state index in [1.807, 2.05) is 51.2 Å². The van der Waals surface area contributed by atoms with Crippen molar-refractivity contribution in [3.63, 3.8) is 0 Å². The Kier molecular flexibility index (Phi) is 10.6. The van der Waals surface area contributed by atoms with Crippen LogP contribution in [0.2, 0.25) is 0 Å². The molecule has 2 fully saturated rings. The van der Waals surface area contributed by atoms with E-state index in [2.05, 4.69) is 10.6 Å². The number of sulfonamides is 1. The molecular weight excluding hydrogens is 546 g/mol. The normalized spacial score (nSPS) is 23.8. The third kappa shape index (κ3) is 7.98. The summed E-state index contributed by atoms with van der Waals surface area (Å²) in [6.07, 6.45) is -0.427. The van der Waals surface area contributed by atoms with Gasteiger partial charge in [0.1, 0.15) is 11.9 Å². The molecule has 1 aliphatic carbocycles. The maximum atomic E-state index is 13.6. The summed E-state index contributed by atoms with van der Waals surface area (Å²) in [6, 6.07) is 15.1. The fourth-order valence-corrected chi connectivity index (χ4v) is 7.37. The third-order valence-corrected chi connectivity index (χ3v) is 9.73. The van der Waals surface area contributed by atoms with Gasteiger partial charge in [-0.05, 0) is 55.6 Å². The topological polar surface area (TPSA) is 126 Å². The van der Waals surface area contributed by atoms with Crippen LogP contribution in [0.1, 0.15) is 32.3 Å². The highest BCUT2D eigenvalue weighted by molar-refractivity contribution is 7.89. The summed E-state index contributed by atoms with van der Waals surface area (Å²) in [4.78, 5) is 13.2. The largest absolute Gasteiger partial charge is 0.497 e. The van der Waals surface area contributed by atoms with Gasteiger partial charge in [0, 0.05) is 31.5 Å². The summed E-state index contributed by atoms with van der Waals surface area (Å²) >= 11 is 0. The van der Waals surface area contributed by atoms with Crippen LogP contribution in [-0.4, -0.2) is 88.2 Å². The van der Waals surface area contributed by atoms with Crippen molar-refractivity contribution in [1.82, 2.24) is 14.9 Å². The zero-order chi connectivity index (χ0) is 29.6. The highest BCUT2D eigenvalue weighted by Gasteiger charge is 2.45. The first kappa shape index (κ1) is 31.2. The first-order chi connectivity index (χ1) is 19.6. The molecule has 1 amide bonds. The molecular formula is C30H43N3O7S. The number of alkyl carbamates (subject to hydrolysis) is 1. The number of hydrogen-bond acceptors (Lipinski definition) is 8. The quantitative estimate of drug-likeness (QED) is 0.326. The molecule has 0 radical (unpaired) electrons. The van der Waals surface area contributed by atoms with Crippen LogP contribution in [-0.2, 0) is 25.9 Å². The second-order valence-electron chi connectivity index (χ2n) is 11.3. The van der Waals surface area contributed by atoms with E-state index >= 15 is 0 Å². The van der Waals surface area contributed by atoms with Gasteiger partial charge in [0.25, 0.3) is 0 Å². The van der Waals surface area contributed by atoms with Gasteiger partial charge in [0.2, 0.25) is 10.0 Å². The molecule has 6 atom stereocenters. The van der Waals surface area contributed by atoms with Crippen LogP contribution < -0.4 is 15.4 Å². The Morgan fingerprint density at radius 1 is 1.10 bits per heavy atom. The molecule has 41 heavy (non-hydrogen) atoms. The highest BCUT2D eigenvalue weighted by atomic mass is 32.2. The Morgan fingerprint density at radius 2 is 1.80 bits per heavy atom. The predicted molar refractivity (Wildman–Crippen MR) is 155 cm³/mol. The molecule has 3 N–H and O–H groups in total. The van der Waals surface area contributed by atoms with Crippen LogP contribution in [0, 0.1) is 11.8 Å². The third-order valence-electron chi connectivity index (χ3n) is 7.88. The van der Waals surface area contributed by atoms with Crippen LogP contribution in [0.4, 0.5) is 4.79 Å². The average molecular weight is 590 g/mol. The Labute approximate surface area is 243 Å². The molecule has 2 aromatic carbocycles. The molecule has 0 aromatic heterocycles. The van der Waals surface area contributed by atoms with E-state index < -0.39 is 28.3 Å². The highest BCUT2D eigenvalue weighted by Crippen LogP contribution is 2.37. The van der Waals surface area contributed by atoms with Crippen molar-refractivity contribution in [2.75, 3.05) is 33.9 Å². The van der Waals surface area contributed by atoms with Gasteiger partial charge in [-0.25, -0.2) is 13.2 Å². The summed E-state index contributed by atoms with van der Waals surface area (Å²) in [5, 5.41) is 17.5. The Morgan fingerprint density at radius 3 is 2.44 bits per heavy atom. The van der Waals surface area contributed by atoms with E-state index in [4.69, 9.17) is 14.2 Å². The zero-order valence-electron chi connectivity index (χ0n) is 24.2. The molecule has 10 nitrogen and oxygen atoms in total. The number of likely N-dealkylation sites (N-methyl/N-ethyl adjacent to an activating group) is 1. The summed E-state index contributed by atoms with van der Waals surface area (Å²) in [5.41, 5.74) is 0.894. The maximum absolute atomic E-state index is 13.6. The number of carbonyl (C=O) groups is 1. The monoisotopic (exact) mass is 589 g/mol. The Hall–Kier alpha value is -2.70. The van der Waals surface area contributed by atoms with E-state index in [1.54, 1.807) is 12.1 Å². The number of aliphatic hydroxyl groups excluding tert-OH is 1. The Balaban J connectivity index is 1.48. The Bertz CT molecular complexity index is 1230. The lowest BCUT2D eigenvalue weighted by molar-refractivity contribution is 0.0540. The van der Waals surface area contributed by atoms with Gasteiger partial charge in [-0.1, -0.05) is 44.2 Å². The molecule has 11 heteroatoms. The molecule has 2 aliphatic rings. The van der Waals surface area contributed by atoms with Crippen molar-refractivity contribution in [2.24, 2.45) is 11.8 Å². The lowest BCUT2D eigenvalue weighted by atomic mass is 10.00. The van der Waals surface area contributed by atoms with Gasteiger partial charge in [-0.15, -0.1) is 0 Å². The van der Waals surface area contributed by atoms with Gasteiger partial charge in [-0.2, -0.15) is 4.31 Å². The standard InChI is InChI=1S/C30H43N3O7S/c1-20(2)17-33(41(36,37)24-12-10-22(38-4)11-13-24)18-28(34)26(14-21-8-6-5-7-9-21)32-30(35)40-23-15-25-27(31-3)19-39-29(25)16-23/h5-13,20,23,25-29,31,34H,14-19H2,1-4H3,(H,32,35). The van der Waals surface area contributed by atoms with Crippen molar-refractivity contribution < 1.29 is 32.5 Å². The molecule has 4 rings (SSSR count). The van der Waals surface area contributed by atoms with Gasteiger partial charge in [0.05, 0.1) is 36.9 Å². The average Bonchev–Trinajstić information content (AvgIpc) is 3.52. The molecule has 0 bridgehead atoms. The number of fused-ring (bicyclic) bond motifs is 1. The lowest BCUT2D eigenvalue weighted by Crippen LogP contribution is -2.51. The maximum Gasteiger partial charge on any atom is 0.407 e. The molecule has 1 aliphatic heterocycles. The fourth-order valence-electron chi connectivity index (χ4n) is 5.74. The van der Waals surface area contributed by atoms with Gasteiger partial charge < -0.3 is 30.0 Å². The number of rotatable bonds is 13. The van der Waals surface area contributed by atoms with E-state index in [9.17, 15) is 18.3 Å². The number of nitrogens with zero attached hydrogens (tertiary/aromatic N) is 1. The molecule has 1 saturated carbocycles. The van der Waals surface area contributed by atoms with Crippen molar-refractivity contribution in [2.45, 2.75) is 68.4 Å². The lowest BCUT2D eigenvalue weighted by Gasteiger charge is -2.31. The second-order valence-corrected chi connectivity index (χ2v) is 13.3. The molecule has 6 unspecified atom stereocenters. The minimum Gasteiger partial charge on any atom is -0.497 e. The summed E-state index contributed by atoms with van der Waals surface area (Å²) in [7, 11) is -0.510. The van der Waals surface area contributed by atoms with Crippen molar-refractivity contribution in [3.05, 3.63) is 60.2 Å². The number of benzene rings is 2. The van der Waals surface area contributed by atoms with Crippen LogP contribution in [0.25, 0.3) is 0 Å². The molecule has 1 saturated heterocycles. The number of hydrogen-bond donors (Lipinski definition) is 3.